The van der Waals surface area contributed by atoms with Crippen LogP contribution in [0.15, 0.2) is 65.8 Å². The van der Waals surface area contributed by atoms with Gasteiger partial charge in [0, 0.05) is 62.0 Å². The second-order valence-electron chi connectivity index (χ2n) is 12.7. The van der Waals surface area contributed by atoms with Gasteiger partial charge in [0.1, 0.15) is 6.04 Å². The number of carbonyl (C=O) groups is 4. The molecule has 4 aliphatic heterocycles. The number of benzene rings is 3. The Bertz CT molecular complexity index is 1840. The summed E-state index contributed by atoms with van der Waals surface area (Å²) in [5.74, 6) is -2.44. The van der Waals surface area contributed by atoms with E-state index in [1.165, 1.54) is 41.3 Å². The average Bonchev–Trinajstić information content (AvgIpc) is 3.78. The lowest BCUT2D eigenvalue weighted by molar-refractivity contribution is -0.148. The number of rotatable bonds is 7. The molecule has 4 aliphatic rings. The van der Waals surface area contributed by atoms with Crippen LogP contribution in [0.25, 0.3) is 0 Å². The first kappa shape index (κ1) is 32.6. The zero-order chi connectivity index (χ0) is 34.2. The summed E-state index contributed by atoms with van der Waals surface area (Å²) in [5.41, 5.74) is 3.49. The third-order valence-electron chi connectivity index (χ3n) is 9.89. The number of aromatic carboxylic acids is 1. The molecule has 0 aromatic heterocycles. The van der Waals surface area contributed by atoms with Crippen molar-refractivity contribution in [2.75, 3.05) is 36.4 Å². The molecule has 3 amide bonds. The van der Waals surface area contributed by atoms with Gasteiger partial charge in [0.2, 0.25) is 12.0 Å². The normalized spacial score (nSPS) is 20.9. The van der Waals surface area contributed by atoms with Gasteiger partial charge in [-0.3, -0.25) is 14.4 Å². The molecular weight excluding hydrogens is 653 g/mol. The van der Waals surface area contributed by atoms with Gasteiger partial charge >= 0.3 is 5.97 Å². The molecule has 0 saturated carbocycles. The minimum absolute atomic E-state index is 0.00104. The standard InChI is InChI=1S/C36H35ClFN5O6/c37-27-6-1-5-26(32(27)38)28-20-30(49-40-28)35(46)43-19-15-24-25(33(43)34(45)39-22-11-9-21(10-12-22)36(47)48)4-2-7-29(24)41-17-13-23(14-18-41)42-16-3-8-31(42)44/h1-2,4-7,9-12,23,30,33H,3,8,13-20H2,(H,39,45)(H,47,48). The van der Waals surface area contributed by atoms with Crippen LogP contribution in [0.1, 0.15) is 65.2 Å². The number of oxime groups is 1. The van der Waals surface area contributed by atoms with Crippen LogP contribution in [0.4, 0.5) is 15.8 Å². The molecule has 254 valence electrons. The molecule has 0 bridgehead atoms. The van der Waals surface area contributed by atoms with Gasteiger partial charge in [-0.1, -0.05) is 35.0 Å². The fraction of sp³-hybridized carbons (Fsp3) is 0.361. The average molecular weight is 688 g/mol. The highest BCUT2D eigenvalue weighted by molar-refractivity contribution is 6.31. The third kappa shape index (κ3) is 6.32. The molecule has 2 saturated heterocycles. The fourth-order valence-electron chi connectivity index (χ4n) is 7.43. The van der Waals surface area contributed by atoms with E-state index in [9.17, 15) is 28.7 Å². The monoisotopic (exact) mass is 687 g/mol. The number of anilines is 2. The summed E-state index contributed by atoms with van der Waals surface area (Å²) in [6.07, 6.45) is 2.64. The van der Waals surface area contributed by atoms with Crippen LogP contribution in [0, 0.1) is 5.82 Å². The van der Waals surface area contributed by atoms with E-state index in [2.05, 4.69) is 15.4 Å². The number of nitrogens with zero attached hydrogens (tertiary/aromatic N) is 4. The highest BCUT2D eigenvalue weighted by atomic mass is 35.5. The summed E-state index contributed by atoms with van der Waals surface area (Å²) in [6.45, 7) is 2.56. The van der Waals surface area contributed by atoms with Crippen molar-refractivity contribution in [3.05, 3.63) is 93.8 Å². The number of carboxylic acid groups (broad SMARTS) is 1. The molecule has 0 spiro atoms. The second-order valence-corrected chi connectivity index (χ2v) is 13.2. The van der Waals surface area contributed by atoms with Crippen LogP contribution in [-0.2, 0) is 25.6 Å². The maximum Gasteiger partial charge on any atom is 0.335 e. The number of carboxylic acids is 1. The zero-order valence-electron chi connectivity index (χ0n) is 26.6. The van der Waals surface area contributed by atoms with Gasteiger partial charge in [-0.05, 0) is 79.3 Å². The second kappa shape index (κ2) is 13.5. The Kier molecular flexibility index (Phi) is 8.98. The molecule has 0 aliphatic carbocycles. The minimum atomic E-state index is -1.09. The molecule has 2 atom stereocenters. The first-order valence-electron chi connectivity index (χ1n) is 16.5. The lowest BCUT2D eigenvalue weighted by Crippen LogP contribution is -2.50. The van der Waals surface area contributed by atoms with Crippen molar-refractivity contribution in [2.24, 2.45) is 5.16 Å². The van der Waals surface area contributed by atoms with Crippen molar-refractivity contribution in [1.29, 1.82) is 0 Å². The number of piperidine rings is 1. The Morgan fingerprint density at radius 1 is 0.959 bits per heavy atom. The molecule has 11 nitrogen and oxygen atoms in total. The first-order valence-corrected chi connectivity index (χ1v) is 16.9. The topological polar surface area (TPSA) is 132 Å². The fourth-order valence-corrected chi connectivity index (χ4v) is 7.60. The van der Waals surface area contributed by atoms with Crippen LogP contribution in [-0.4, -0.2) is 82.6 Å². The number of fused-ring (bicyclic) bond motifs is 1. The summed E-state index contributed by atoms with van der Waals surface area (Å²) >= 11 is 5.98. The van der Waals surface area contributed by atoms with Crippen LogP contribution in [0.2, 0.25) is 5.02 Å². The maximum atomic E-state index is 14.8. The van der Waals surface area contributed by atoms with Crippen molar-refractivity contribution < 1.29 is 33.5 Å². The third-order valence-corrected chi connectivity index (χ3v) is 10.2. The van der Waals surface area contributed by atoms with Gasteiger partial charge in [0.25, 0.3) is 11.8 Å². The van der Waals surface area contributed by atoms with Gasteiger partial charge < -0.3 is 30.0 Å². The molecule has 3 aromatic rings. The molecule has 2 fully saturated rings. The van der Waals surface area contributed by atoms with Gasteiger partial charge in [0.15, 0.2) is 5.82 Å². The Morgan fingerprint density at radius 2 is 1.71 bits per heavy atom. The summed E-state index contributed by atoms with van der Waals surface area (Å²) < 4.78 is 14.8. The van der Waals surface area contributed by atoms with E-state index >= 15 is 0 Å². The molecule has 49 heavy (non-hydrogen) atoms. The summed E-state index contributed by atoms with van der Waals surface area (Å²) in [6, 6.07) is 15.3. The molecular formula is C36H35ClFN5O6. The smallest absolute Gasteiger partial charge is 0.335 e. The van der Waals surface area contributed by atoms with Crippen LogP contribution < -0.4 is 10.2 Å². The van der Waals surface area contributed by atoms with E-state index in [4.69, 9.17) is 16.4 Å². The first-order chi connectivity index (χ1) is 23.7. The molecule has 2 N–H and O–H groups in total. The molecule has 4 heterocycles. The van der Waals surface area contributed by atoms with E-state index in [-0.39, 0.29) is 46.8 Å². The molecule has 2 unspecified atom stereocenters. The van der Waals surface area contributed by atoms with E-state index in [0.717, 1.165) is 50.1 Å². The number of hydrogen-bond donors (Lipinski definition) is 2. The zero-order valence-corrected chi connectivity index (χ0v) is 27.4. The number of likely N-dealkylation sites (tertiary alicyclic amines) is 1. The van der Waals surface area contributed by atoms with Crippen molar-refractivity contribution in [3.8, 4) is 0 Å². The maximum absolute atomic E-state index is 14.8. The van der Waals surface area contributed by atoms with E-state index in [1.54, 1.807) is 6.07 Å². The molecule has 13 heteroatoms. The number of amides is 3. The van der Waals surface area contributed by atoms with Gasteiger partial charge in [-0.25, -0.2) is 9.18 Å². The van der Waals surface area contributed by atoms with Gasteiger partial charge in [0.05, 0.1) is 16.3 Å². The quantitative estimate of drug-likeness (QED) is 0.356. The number of carbonyl (C=O) groups excluding carboxylic acids is 3. The van der Waals surface area contributed by atoms with Crippen molar-refractivity contribution in [2.45, 2.75) is 56.7 Å². The van der Waals surface area contributed by atoms with Crippen LogP contribution >= 0.6 is 11.6 Å². The van der Waals surface area contributed by atoms with Crippen molar-refractivity contribution in [1.82, 2.24) is 9.80 Å². The SMILES string of the molecule is O=C(O)c1ccc(NC(=O)C2c3cccc(N4CCC(N5CCCC5=O)CC4)c3CCN2C(=O)C2CC(c3cccc(Cl)c3F)=NO2)cc1. The van der Waals surface area contributed by atoms with Crippen molar-refractivity contribution in [3.63, 3.8) is 0 Å². The van der Waals surface area contributed by atoms with E-state index in [0.29, 0.717) is 24.1 Å². The van der Waals surface area contributed by atoms with Crippen molar-refractivity contribution >= 4 is 52.4 Å². The molecule has 7 rings (SSSR count). The van der Waals surface area contributed by atoms with Crippen LogP contribution in [0.5, 0.6) is 0 Å². The Balaban J connectivity index is 1.15. The van der Waals surface area contributed by atoms with Gasteiger partial charge in [-0.2, -0.15) is 0 Å². The predicted molar refractivity (Wildman–Crippen MR) is 180 cm³/mol. The lowest BCUT2D eigenvalue weighted by Gasteiger charge is -2.41. The largest absolute Gasteiger partial charge is 0.478 e. The number of nitrogens with one attached hydrogen (secondary N) is 1. The highest BCUT2D eigenvalue weighted by Gasteiger charge is 2.43. The summed E-state index contributed by atoms with van der Waals surface area (Å²) in [4.78, 5) is 63.4. The lowest BCUT2D eigenvalue weighted by atomic mass is 9.88. The van der Waals surface area contributed by atoms with Crippen LogP contribution in [0.3, 0.4) is 0 Å². The molecule has 0 radical (unpaired) electrons. The Hall–Kier alpha value is -4.97. The molecule has 3 aromatic carbocycles. The Morgan fingerprint density at radius 3 is 2.43 bits per heavy atom. The number of hydrogen-bond acceptors (Lipinski definition) is 7. The highest BCUT2D eigenvalue weighted by Crippen LogP contribution is 2.39. The minimum Gasteiger partial charge on any atom is -0.478 e. The Labute approximate surface area is 287 Å². The predicted octanol–water partition coefficient (Wildman–Crippen LogP) is 5.03. The summed E-state index contributed by atoms with van der Waals surface area (Å²) in [5, 5.41) is 16.1. The van der Waals surface area contributed by atoms with E-state index in [1.807, 2.05) is 23.1 Å². The summed E-state index contributed by atoms with van der Waals surface area (Å²) in [7, 11) is 0. The van der Waals surface area contributed by atoms with E-state index < -0.39 is 35.7 Å². The number of halogens is 2. The van der Waals surface area contributed by atoms with Gasteiger partial charge in [-0.15, -0.1) is 0 Å².